The highest BCUT2D eigenvalue weighted by Crippen LogP contribution is 2.37. The van der Waals surface area contributed by atoms with Crippen LogP contribution in [0.4, 0.5) is 24.5 Å². The molecule has 0 aliphatic rings. The van der Waals surface area contributed by atoms with Crippen LogP contribution in [-0.2, 0) is 6.18 Å². The van der Waals surface area contributed by atoms with Crippen LogP contribution >= 0.6 is 0 Å². The Morgan fingerprint density at radius 2 is 1.95 bits per heavy atom. The summed E-state index contributed by atoms with van der Waals surface area (Å²) in [6.07, 6.45) is -4.68. The second kappa shape index (κ2) is 5.04. The molecule has 0 aliphatic heterocycles. The van der Waals surface area contributed by atoms with Crippen molar-refractivity contribution in [3.63, 3.8) is 0 Å². The molecule has 1 aromatic carbocycles. The molecule has 0 aromatic heterocycles. The standard InChI is InChI=1S/C11H14F3N3O2/c1-10(2,6-15)16-9-4-3-7(17(18)19)5-8(9)11(12,13)14/h3-5,16H,6,15H2,1-2H3. The number of nitro benzene ring substituents is 1. The third-order valence-corrected chi connectivity index (χ3v) is 2.50. The van der Waals surface area contributed by atoms with Gasteiger partial charge >= 0.3 is 6.18 Å². The number of benzene rings is 1. The number of nitrogens with two attached hydrogens (primary N) is 1. The van der Waals surface area contributed by atoms with Crippen molar-refractivity contribution in [3.05, 3.63) is 33.9 Å². The van der Waals surface area contributed by atoms with Gasteiger partial charge in [-0.15, -0.1) is 0 Å². The number of hydrogen-bond donors (Lipinski definition) is 2. The smallest absolute Gasteiger partial charge is 0.378 e. The van der Waals surface area contributed by atoms with E-state index in [9.17, 15) is 23.3 Å². The molecule has 0 heterocycles. The molecule has 0 unspecified atom stereocenters. The van der Waals surface area contributed by atoms with E-state index in [4.69, 9.17) is 5.73 Å². The SMILES string of the molecule is CC(C)(CN)Nc1ccc([N+](=O)[O-])cc1C(F)(F)F. The maximum atomic E-state index is 12.9. The van der Waals surface area contributed by atoms with Gasteiger partial charge in [-0.2, -0.15) is 13.2 Å². The summed E-state index contributed by atoms with van der Waals surface area (Å²) in [7, 11) is 0. The molecule has 0 aliphatic carbocycles. The monoisotopic (exact) mass is 277 g/mol. The van der Waals surface area contributed by atoms with E-state index in [1.54, 1.807) is 13.8 Å². The predicted molar refractivity (Wildman–Crippen MR) is 64.9 cm³/mol. The summed E-state index contributed by atoms with van der Waals surface area (Å²) in [5.41, 5.74) is 2.77. The van der Waals surface area contributed by atoms with Crippen molar-refractivity contribution in [2.45, 2.75) is 25.6 Å². The number of rotatable bonds is 4. The highest BCUT2D eigenvalue weighted by Gasteiger charge is 2.36. The van der Waals surface area contributed by atoms with Gasteiger partial charge in [-0.1, -0.05) is 0 Å². The molecule has 19 heavy (non-hydrogen) atoms. The van der Waals surface area contributed by atoms with Crippen LogP contribution < -0.4 is 11.1 Å². The summed E-state index contributed by atoms with van der Waals surface area (Å²) in [5.74, 6) is 0. The number of hydrogen-bond acceptors (Lipinski definition) is 4. The molecule has 0 bridgehead atoms. The molecule has 106 valence electrons. The van der Waals surface area contributed by atoms with Gasteiger partial charge in [-0.05, 0) is 19.9 Å². The van der Waals surface area contributed by atoms with Gasteiger partial charge in [-0.3, -0.25) is 10.1 Å². The first-order chi connectivity index (χ1) is 8.57. The van der Waals surface area contributed by atoms with E-state index < -0.39 is 27.9 Å². The van der Waals surface area contributed by atoms with Gasteiger partial charge in [0.1, 0.15) is 0 Å². The Balaban J connectivity index is 3.28. The van der Waals surface area contributed by atoms with Gasteiger partial charge in [-0.25, -0.2) is 0 Å². The van der Waals surface area contributed by atoms with E-state index in [0.29, 0.717) is 6.07 Å². The number of halogens is 3. The number of non-ortho nitro benzene ring substituents is 1. The van der Waals surface area contributed by atoms with Crippen LogP contribution in [0.1, 0.15) is 19.4 Å². The number of alkyl halides is 3. The van der Waals surface area contributed by atoms with Crippen LogP contribution in [0.25, 0.3) is 0 Å². The molecular formula is C11H14F3N3O2. The van der Waals surface area contributed by atoms with Crippen molar-refractivity contribution < 1.29 is 18.1 Å². The first-order valence-corrected chi connectivity index (χ1v) is 5.41. The zero-order valence-electron chi connectivity index (χ0n) is 10.4. The summed E-state index contributed by atoms with van der Waals surface area (Å²) >= 11 is 0. The highest BCUT2D eigenvalue weighted by molar-refractivity contribution is 5.58. The van der Waals surface area contributed by atoms with E-state index in [1.807, 2.05) is 0 Å². The largest absolute Gasteiger partial charge is 0.418 e. The van der Waals surface area contributed by atoms with Crippen LogP contribution in [0.5, 0.6) is 0 Å². The molecule has 0 saturated carbocycles. The number of nitrogens with zero attached hydrogens (tertiary/aromatic N) is 1. The summed E-state index contributed by atoms with van der Waals surface area (Å²) in [6.45, 7) is 3.38. The fourth-order valence-corrected chi connectivity index (χ4v) is 1.40. The lowest BCUT2D eigenvalue weighted by Crippen LogP contribution is -2.39. The topological polar surface area (TPSA) is 81.2 Å². The van der Waals surface area contributed by atoms with Crippen molar-refractivity contribution in [1.29, 1.82) is 0 Å². The van der Waals surface area contributed by atoms with Crippen molar-refractivity contribution >= 4 is 11.4 Å². The molecule has 0 radical (unpaired) electrons. The van der Waals surface area contributed by atoms with Crippen molar-refractivity contribution in [3.8, 4) is 0 Å². The van der Waals surface area contributed by atoms with E-state index >= 15 is 0 Å². The Kier molecular flexibility index (Phi) is 4.04. The Hall–Kier alpha value is -1.83. The van der Waals surface area contributed by atoms with Crippen molar-refractivity contribution in [1.82, 2.24) is 0 Å². The summed E-state index contributed by atoms with van der Waals surface area (Å²) in [6, 6.07) is 2.57. The zero-order chi connectivity index (χ0) is 14.8. The molecule has 5 nitrogen and oxygen atoms in total. The van der Waals surface area contributed by atoms with Gasteiger partial charge < -0.3 is 11.1 Å². The molecule has 0 atom stereocenters. The normalized spacial score (nSPS) is 12.3. The maximum absolute atomic E-state index is 12.9. The quantitative estimate of drug-likeness (QED) is 0.655. The molecule has 1 rings (SSSR count). The average Bonchev–Trinajstić information content (AvgIpc) is 2.27. The minimum Gasteiger partial charge on any atom is -0.378 e. The first-order valence-electron chi connectivity index (χ1n) is 5.41. The highest BCUT2D eigenvalue weighted by atomic mass is 19.4. The Morgan fingerprint density at radius 1 is 1.37 bits per heavy atom. The summed E-state index contributed by atoms with van der Waals surface area (Å²) < 4.78 is 38.6. The van der Waals surface area contributed by atoms with E-state index in [1.165, 1.54) is 0 Å². The molecular weight excluding hydrogens is 263 g/mol. The minimum atomic E-state index is -4.68. The van der Waals surface area contributed by atoms with Crippen molar-refractivity contribution in [2.75, 3.05) is 11.9 Å². The maximum Gasteiger partial charge on any atom is 0.418 e. The fraction of sp³-hybridized carbons (Fsp3) is 0.455. The van der Waals surface area contributed by atoms with E-state index in [0.717, 1.165) is 12.1 Å². The molecule has 0 fully saturated rings. The molecule has 0 spiro atoms. The first kappa shape index (κ1) is 15.2. The fourth-order valence-electron chi connectivity index (χ4n) is 1.40. The lowest BCUT2D eigenvalue weighted by Gasteiger charge is -2.27. The third-order valence-electron chi connectivity index (χ3n) is 2.50. The van der Waals surface area contributed by atoms with E-state index in [-0.39, 0.29) is 12.2 Å². The van der Waals surface area contributed by atoms with Crippen LogP contribution in [0.2, 0.25) is 0 Å². The lowest BCUT2D eigenvalue weighted by molar-refractivity contribution is -0.385. The van der Waals surface area contributed by atoms with Crippen LogP contribution in [0, 0.1) is 10.1 Å². The van der Waals surface area contributed by atoms with Gasteiger partial charge in [0.2, 0.25) is 0 Å². The summed E-state index contributed by atoms with van der Waals surface area (Å²) in [5, 5.41) is 13.2. The van der Waals surface area contributed by atoms with Gasteiger partial charge in [0, 0.05) is 29.9 Å². The second-order valence-electron chi connectivity index (χ2n) is 4.70. The average molecular weight is 277 g/mol. The zero-order valence-corrected chi connectivity index (χ0v) is 10.4. The van der Waals surface area contributed by atoms with Crippen LogP contribution in [0.3, 0.4) is 0 Å². The minimum absolute atomic E-state index is 0.112. The number of nitro groups is 1. The van der Waals surface area contributed by atoms with Crippen LogP contribution in [-0.4, -0.2) is 17.0 Å². The Morgan fingerprint density at radius 3 is 2.37 bits per heavy atom. The van der Waals surface area contributed by atoms with Gasteiger partial charge in [0.15, 0.2) is 0 Å². The second-order valence-corrected chi connectivity index (χ2v) is 4.70. The molecule has 3 N–H and O–H groups in total. The van der Waals surface area contributed by atoms with E-state index in [2.05, 4.69) is 5.32 Å². The molecule has 1 aromatic rings. The van der Waals surface area contributed by atoms with Crippen molar-refractivity contribution in [2.24, 2.45) is 5.73 Å². The van der Waals surface area contributed by atoms with Gasteiger partial charge in [0.05, 0.1) is 10.5 Å². The molecule has 8 heteroatoms. The lowest BCUT2D eigenvalue weighted by atomic mass is 10.0. The molecule has 0 saturated heterocycles. The molecule has 0 amide bonds. The van der Waals surface area contributed by atoms with Crippen LogP contribution in [0.15, 0.2) is 18.2 Å². The third kappa shape index (κ3) is 3.82. The Bertz CT molecular complexity index is 487. The number of nitrogens with one attached hydrogen (secondary N) is 1. The number of anilines is 1. The summed E-state index contributed by atoms with van der Waals surface area (Å²) in [4.78, 5) is 9.66. The Labute approximate surface area is 107 Å². The van der Waals surface area contributed by atoms with Gasteiger partial charge in [0.25, 0.3) is 5.69 Å². The predicted octanol–water partition coefficient (Wildman–Crippen LogP) is 2.76.